The Morgan fingerprint density at radius 1 is 1.09 bits per heavy atom. The SMILES string of the molecule is CCc1ccccc1NC(=O)C(C)NC(=O)c1ccccc1F. The van der Waals surface area contributed by atoms with Crippen molar-refractivity contribution < 1.29 is 14.0 Å². The van der Waals surface area contributed by atoms with Crippen molar-refractivity contribution in [2.45, 2.75) is 26.3 Å². The average Bonchev–Trinajstić information content (AvgIpc) is 2.55. The number of para-hydroxylation sites is 1. The molecule has 0 aromatic heterocycles. The number of hydrogen-bond acceptors (Lipinski definition) is 2. The third kappa shape index (κ3) is 4.16. The number of benzene rings is 2. The van der Waals surface area contributed by atoms with Crippen LogP contribution in [0.2, 0.25) is 0 Å². The molecule has 2 aromatic rings. The van der Waals surface area contributed by atoms with Crippen LogP contribution in [-0.4, -0.2) is 17.9 Å². The zero-order valence-corrected chi connectivity index (χ0v) is 13.1. The Balaban J connectivity index is 2.03. The van der Waals surface area contributed by atoms with Gasteiger partial charge in [0.2, 0.25) is 5.91 Å². The van der Waals surface area contributed by atoms with Crippen LogP contribution >= 0.6 is 0 Å². The molecule has 2 aromatic carbocycles. The average molecular weight is 314 g/mol. The third-order valence-corrected chi connectivity index (χ3v) is 3.52. The molecule has 0 bridgehead atoms. The van der Waals surface area contributed by atoms with Gasteiger partial charge in [0.15, 0.2) is 0 Å². The second-order valence-electron chi connectivity index (χ2n) is 5.17. The van der Waals surface area contributed by atoms with Crippen LogP contribution in [0.3, 0.4) is 0 Å². The maximum absolute atomic E-state index is 13.6. The highest BCUT2D eigenvalue weighted by atomic mass is 19.1. The second kappa shape index (κ2) is 7.54. The van der Waals surface area contributed by atoms with Crippen LogP contribution in [0, 0.1) is 5.82 Å². The molecule has 0 fully saturated rings. The van der Waals surface area contributed by atoms with Crippen LogP contribution in [0.4, 0.5) is 10.1 Å². The van der Waals surface area contributed by atoms with E-state index in [-0.39, 0.29) is 11.5 Å². The molecule has 0 aliphatic carbocycles. The molecule has 5 heteroatoms. The summed E-state index contributed by atoms with van der Waals surface area (Å²) in [6.07, 6.45) is 0.784. The summed E-state index contributed by atoms with van der Waals surface area (Å²) in [5.74, 6) is -1.58. The molecule has 4 nitrogen and oxygen atoms in total. The molecule has 0 radical (unpaired) electrons. The molecule has 0 aliphatic rings. The largest absolute Gasteiger partial charge is 0.340 e. The summed E-state index contributed by atoms with van der Waals surface area (Å²) in [7, 11) is 0. The lowest BCUT2D eigenvalue weighted by Crippen LogP contribution is -2.42. The fourth-order valence-electron chi connectivity index (χ4n) is 2.18. The van der Waals surface area contributed by atoms with Gasteiger partial charge in [0, 0.05) is 5.69 Å². The summed E-state index contributed by atoms with van der Waals surface area (Å²) < 4.78 is 13.6. The Bertz CT molecular complexity index is 716. The van der Waals surface area contributed by atoms with Gasteiger partial charge in [-0.1, -0.05) is 37.3 Å². The van der Waals surface area contributed by atoms with E-state index in [9.17, 15) is 14.0 Å². The fraction of sp³-hybridized carbons (Fsp3) is 0.222. The first-order valence-corrected chi connectivity index (χ1v) is 7.47. The van der Waals surface area contributed by atoms with Crippen molar-refractivity contribution in [1.29, 1.82) is 0 Å². The first kappa shape index (κ1) is 16.7. The minimum Gasteiger partial charge on any atom is -0.340 e. The predicted octanol–water partition coefficient (Wildman–Crippen LogP) is 3.15. The maximum atomic E-state index is 13.6. The quantitative estimate of drug-likeness (QED) is 0.891. The molecule has 2 amide bonds. The van der Waals surface area contributed by atoms with Gasteiger partial charge in [0.1, 0.15) is 11.9 Å². The normalized spacial score (nSPS) is 11.6. The van der Waals surface area contributed by atoms with E-state index >= 15 is 0 Å². The molecule has 1 atom stereocenters. The molecule has 0 heterocycles. The monoisotopic (exact) mass is 314 g/mol. The molecule has 0 aliphatic heterocycles. The van der Waals surface area contributed by atoms with Crippen molar-refractivity contribution in [3.05, 3.63) is 65.5 Å². The van der Waals surface area contributed by atoms with Crippen molar-refractivity contribution in [3.8, 4) is 0 Å². The molecular formula is C18H19FN2O2. The Hall–Kier alpha value is -2.69. The molecule has 0 saturated carbocycles. The van der Waals surface area contributed by atoms with Crippen molar-refractivity contribution in [3.63, 3.8) is 0 Å². The Kier molecular flexibility index (Phi) is 5.46. The van der Waals surface area contributed by atoms with Crippen LogP contribution in [0.5, 0.6) is 0 Å². The number of carbonyl (C=O) groups excluding carboxylic acids is 2. The number of amides is 2. The van der Waals surface area contributed by atoms with Gasteiger partial charge < -0.3 is 10.6 Å². The highest BCUT2D eigenvalue weighted by Gasteiger charge is 2.19. The number of halogens is 1. The van der Waals surface area contributed by atoms with Crippen LogP contribution in [0.1, 0.15) is 29.8 Å². The topological polar surface area (TPSA) is 58.2 Å². The standard InChI is InChI=1S/C18H19FN2O2/c1-3-13-8-4-7-11-16(13)21-17(22)12(2)20-18(23)14-9-5-6-10-15(14)19/h4-12H,3H2,1-2H3,(H,20,23)(H,21,22). The van der Waals surface area contributed by atoms with Gasteiger partial charge in [-0.25, -0.2) is 4.39 Å². The highest BCUT2D eigenvalue weighted by molar-refractivity contribution is 6.01. The predicted molar refractivity (Wildman–Crippen MR) is 87.8 cm³/mol. The summed E-state index contributed by atoms with van der Waals surface area (Å²) in [5, 5.41) is 5.29. The Morgan fingerprint density at radius 3 is 2.43 bits per heavy atom. The van der Waals surface area contributed by atoms with Crippen LogP contribution in [-0.2, 0) is 11.2 Å². The number of nitrogens with one attached hydrogen (secondary N) is 2. The van der Waals surface area contributed by atoms with Crippen molar-refractivity contribution in [2.75, 3.05) is 5.32 Å². The summed E-state index contributed by atoms with van der Waals surface area (Å²) in [6.45, 7) is 3.55. The van der Waals surface area contributed by atoms with Crippen LogP contribution in [0.25, 0.3) is 0 Å². The lowest BCUT2D eigenvalue weighted by Gasteiger charge is -2.16. The van der Waals surface area contributed by atoms with E-state index in [1.165, 1.54) is 18.2 Å². The smallest absolute Gasteiger partial charge is 0.254 e. The minimum atomic E-state index is -0.785. The van der Waals surface area contributed by atoms with Crippen LogP contribution in [0.15, 0.2) is 48.5 Å². The molecule has 23 heavy (non-hydrogen) atoms. The molecule has 1 unspecified atom stereocenters. The minimum absolute atomic E-state index is 0.0823. The Labute approximate surface area is 134 Å². The summed E-state index contributed by atoms with van der Waals surface area (Å²) >= 11 is 0. The fourth-order valence-corrected chi connectivity index (χ4v) is 2.18. The van der Waals surface area contributed by atoms with Crippen LogP contribution < -0.4 is 10.6 Å². The van der Waals surface area contributed by atoms with Gasteiger partial charge >= 0.3 is 0 Å². The van der Waals surface area contributed by atoms with E-state index < -0.39 is 17.8 Å². The molecule has 2 N–H and O–H groups in total. The van der Waals surface area contributed by atoms with Gasteiger partial charge in [-0.3, -0.25) is 9.59 Å². The number of rotatable bonds is 5. The first-order chi connectivity index (χ1) is 11.0. The molecule has 2 rings (SSSR count). The summed E-state index contributed by atoms with van der Waals surface area (Å²) in [4.78, 5) is 24.2. The Morgan fingerprint density at radius 2 is 1.74 bits per heavy atom. The number of anilines is 1. The first-order valence-electron chi connectivity index (χ1n) is 7.47. The van der Waals surface area contributed by atoms with Gasteiger partial charge in [-0.05, 0) is 37.1 Å². The van der Waals surface area contributed by atoms with Crippen molar-refractivity contribution in [1.82, 2.24) is 5.32 Å². The summed E-state index contributed by atoms with van der Waals surface area (Å²) in [5.41, 5.74) is 1.64. The number of aryl methyl sites for hydroxylation is 1. The molecule has 0 saturated heterocycles. The van der Waals surface area contributed by atoms with E-state index in [0.717, 1.165) is 12.0 Å². The molecular weight excluding hydrogens is 295 g/mol. The van der Waals surface area contributed by atoms with E-state index in [4.69, 9.17) is 0 Å². The highest BCUT2D eigenvalue weighted by Crippen LogP contribution is 2.15. The van der Waals surface area contributed by atoms with Gasteiger partial charge in [0.05, 0.1) is 5.56 Å². The van der Waals surface area contributed by atoms with E-state index in [0.29, 0.717) is 5.69 Å². The summed E-state index contributed by atoms with van der Waals surface area (Å²) in [6, 6.07) is 12.3. The van der Waals surface area contributed by atoms with E-state index in [1.54, 1.807) is 13.0 Å². The zero-order chi connectivity index (χ0) is 16.8. The lowest BCUT2D eigenvalue weighted by molar-refractivity contribution is -0.117. The maximum Gasteiger partial charge on any atom is 0.254 e. The van der Waals surface area contributed by atoms with Gasteiger partial charge in [-0.15, -0.1) is 0 Å². The van der Waals surface area contributed by atoms with Crippen molar-refractivity contribution >= 4 is 17.5 Å². The lowest BCUT2D eigenvalue weighted by atomic mass is 10.1. The van der Waals surface area contributed by atoms with Gasteiger partial charge in [-0.2, -0.15) is 0 Å². The van der Waals surface area contributed by atoms with Gasteiger partial charge in [0.25, 0.3) is 5.91 Å². The molecule has 0 spiro atoms. The third-order valence-electron chi connectivity index (χ3n) is 3.52. The second-order valence-corrected chi connectivity index (χ2v) is 5.17. The molecule has 120 valence electrons. The number of carbonyl (C=O) groups is 2. The zero-order valence-electron chi connectivity index (χ0n) is 13.1. The van der Waals surface area contributed by atoms with E-state index in [2.05, 4.69) is 10.6 Å². The van der Waals surface area contributed by atoms with Crippen molar-refractivity contribution in [2.24, 2.45) is 0 Å². The number of hydrogen-bond donors (Lipinski definition) is 2. The van der Waals surface area contributed by atoms with E-state index in [1.807, 2.05) is 31.2 Å².